The van der Waals surface area contributed by atoms with Crippen LogP contribution >= 0.6 is 34.8 Å². The maximum Gasteiger partial charge on any atom is 0.417 e. The Kier molecular flexibility index (Phi) is 9.98. The van der Waals surface area contributed by atoms with Crippen LogP contribution < -0.4 is 10.3 Å². The third kappa shape index (κ3) is 6.77. The van der Waals surface area contributed by atoms with Gasteiger partial charge >= 0.3 is 18.5 Å². The molecule has 0 spiro atoms. The van der Waals surface area contributed by atoms with Crippen molar-refractivity contribution < 1.29 is 63.8 Å². The fourth-order valence-corrected chi connectivity index (χ4v) is 9.72. The summed E-state index contributed by atoms with van der Waals surface area (Å²) in [6.45, 7) is 0. The van der Waals surface area contributed by atoms with E-state index in [4.69, 9.17) is 34.8 Å². The fourth-order valence-electron chi connectivity index (χ4n) is 9.21. The second-order valence-electron chi connectivity index (χ2n) is 14.9. The number of amides is 4. The molecule has 3 heterocycles. The predicted molar refractivity (Wildman–Crippen MR) is 199 cm³/mol. The van der Waals surface area contributed by atoms with Crippen LogP contribution in [0, 0.1) is 23.7 Å². The maximum absolute atomic E-state index is 15.3. The number of allylic oxidation sites excluding steroid dienone is 2. The molecule has 6 atom stereocenters. The Hall–Kier alpha value is -5.33. The highest BCUT2D eigenvalue weighted by molar-refractivity contribution is 6.33. The molecular weight excluding hydrogens is 894 g/mol. The number of phenols is 1. The Morgan fingerprint density at radius 3 is 1.92 bits per heavy atom. The lowest BCUT2D eigenvalue weighted by molar-refractivity contribution is -0.143. The van der Waals surface area contributed by atoms with E-state index in [0.29, 0.717) is 17.3 Å². The van der Waals surface area contributed by atoms with Crippen LogP contribution in [0.5, 0.6) is 5.75 Å². The average molecular weight is 918 g/mol. The topological polar surface area (TPSA) is 120 Å². The van der Waals surface area contributed by atoms with Crippen molar-refractivity contribution in [1.82, 2.24) is 9.99 Å². The Balaban J connectivity index is 1.31. The summed E-state index contributed by atoms with van der Waals surface area (Å²) in [5.74, 6) is -12.5. The first kappa shape index (κ1) is 42.4. The number of pyridine rings is 1. The van der Waals surface area contributed by atoms with Gasteiger partial charge in [-0.2, -0.15) is 44.5 Å². The van der Waals surface area contributed by atoms with E-state index >= 15 is 4.79 Å². The van der Waals surface area contributed by atoms with Crippen LogP contribution in [0.2, 0.25) is 15.1 Å². The molecule has 1 saturated carbocycles. The lowest BCUT2D eigenvalue weighted by atomic mass is 9.49. The Bertz CT molecular complexity index is 2550. The zero-order valence-corrected chi connectivity index (χ0v) is 32.5. The number of hydrogen-bond acceptors (Lipinski definition) is 7. The molecule has 4 amide bonds. The number of aromatic nitrogens is 1. The molecule has 1 aromatic heterocycles. The van der Waals surface area contributed by atoms with Crippen molar-refractivity contribution in [2.24, 2.45) is 23.7 Å². The smallest absolute Gasteiger partial charge is 0.417 e. The average Bonchev–Trinajstić information content (AvgIpc) is 3.56. The molecule has 9 nitrogen and oxygen atoms in total. The summed E-state index contributed by atoms with van der Waals surface area (Å²) in [5.41, 5.74) is -5.21. The lowest BCUT2D eigenvalue weighted by Gasteiger charge is -2.50. The molecule has 3 aromatic carbocycles. The number of carbonyl (C=O) groups is 4. The van der Waals surface area contributed by atoms with Crippen LogP contribution in [0.1, 0.15) is 46.6 Å². The summed E-state index contributed by atoms with van der Waals surface area (Å²) >= 11 is 18.9. The molecule has 4 aromatic rings. The molecule has 0 radical (unpaired) electrons. The lowest BCUT2D eigenvalue weighted by Crippen LogP contribution is -2.53. The summed E-state index contributed by atoms with van der Waals surface area (Å²) in [7, 11) is 0. The fraction of sp³-hybridized carbons (Fsp3) is 0.275. The minimum Gasteiger partial charge on any atom is -0.508 e. The quantitative estimate of drug-likeness (QED) is 0.116. The van der Waals surface area contributed by atoms with Crippen LogP contribution in [0.25, 0.3) is 0 Å². The number of anilines is 2. The highest BCUT2D eigenvalue weighted by Crippen LogP contribution is 2.65. The monoisotopic (exact) mass is 916 g/mol. The number of carbonyl (C=O) groups excluding carboxylic acids is 4. The first-order chi connectivity index (χ1) is 28.4. The largest absolute Gasteiger partial charge is 0.508 e. The Labute approximate surface area is 352 Å². The van der Waals surface area contributed by atoms with Gasteiger partial charge < -0.3 is 5.11 Å². The van der Waals surface area contributed by atoms with Crippen LogP contribution in [-0.4, -0.2) is 38.7 Å². The van der Waals surface area contributed by atoms with Crippen molar-refractivity contribution in [1.29, 1.82) is 0 Å². The summed E-state index contributed by atoms with van der Waals surface area (Å²) < 4.78 is 124. The summed E-state index contributed by atoms with van der Waals surface area (Å²) in [6.07, 6.45) is -14.4. The first-order valence-electron chi connectivity index (χ1n) is 17.9. The second kappa shape index (κ2) is 14.4. The number of aromatic hydroxyl groups is 1. The zero-order valence-electron chi connectivity index (χ0n) is 30.3. The van der Waals surface area contributed by atoms with Gasteiger partial charge in [-0.25, -0.2) is 9.88 Å². The minimum atomic E-state index is -5.32. The van der Waals surface area contributed by atoms with Crippen molar-refractivity contribution in [3.63, 3.8) is 0 Å². The molecule has 3 fully saturated rings. The van der Waals surface area contributed by atoms with Crippen molar-refractivity contribution in [3.05, 3.63) is 127 Å². The molecule has 2 saturated heterocycles. The van der Waals surface area contributed by atoms with E-state index in [2.05, 4.69) is 10.4 Å². The molecule has 21 heteroatoms. The maximum atomic E-state index is 15.3. The van der Waals surface area contributed by atoms with E-state index in [0.717, 1.165) is 0 Å². The number of fused-ring (bicyclic) bond motifs is 4. The van der Waals surface area contributed by atoms with Crippen LogP contribution in [0.3, 0.4) is 0 Å². The van der Waals surface area contributed by atoms with Gasteiger partial charge in [-0.3, -0.25) is 24.6 Å². The van der Waals surface area contributed by atoms with Crippen molar-refractivity contribution in [3.8, 4) is 5.75 Å². The highest BCUT2D eigenvalue weighted by atomic mass is 35.5. The second-order valence-corrected chi connectivity index (χ2v) is 16.2. The molecule has 4 aliphatic rings. The van der Waals surface area contributed by atoms with Crippen LogP contribution in [0.15, 0.2) is 84.6 Å². The van der Waals surface area contributed by atoms with Gasteiger partial charge in [-0.1, -0.05) is 58.6 Å². The molecule has 2 N–H and O–H groups in total. The number of nitrogens with zero attached hydrogens (tertiary/aromatic N) is 3. The highest BCUT2D eigenvalue weighted by Gasteiger charge is 2.71. The van der Waals surface area contributed by atoms with Gasteiger partial charge in [-0.05, 0) is 78.9 Å². The first-order valence-corrected chi connectivity index (χ1v) is 19.1. The van der Waals surface area contributed by atoms with Gasteiger partial charge in [0.2, 0.25) is 11.8 Å². The summed E-state index contributed by atoms with van der Waals surface area (Å²) in [5, 5.41) is 11.5. The number of halogens is 12. The molecule has 6 unspecified atom stereocenters. The number of benzene rings is 3. The number of hydrogen-bond donors (Lipinski definition) is 2. The number of alkyl halides is 9. The van der Waals surface area contributed by atoms with Crippen molar-refractivity contribution in [2.45, 2.75) is 42.7 Å². The summed E-state index contributed by atoms with van der Waals surface area (Å²) in [4.78, 5) is 62.6. The summed E-state index contributed by atoms with van der Waals surface area (Å²) in [6, 6.07) is 10.3. The minimum absolute atomic E-state index is 0.0304. The standard InChI is InChI=1S/C40H24Cl3F9N4O5/c41-20-3-1-16(2-4-20)37-27(34(59)56(36(37)61)54-32-28(43)12-19(15-53-32)40(50,51)52)14-25-23(31(37)26-13-21(42)5-8-29(26)57)6-7-24-30(25)35(60)55(33(24)58)22-10-17(38(44,45)46)9-18(11-22)39(47,48)49/h1-6,8-13,15,24-25,27,30-31,57H,7,14H2,(H,53,54). The van der Waals surface area contributed by atoms with Crippen molar-refractivity contribution >= 4 is 69.9 Å². The normalized spacial score (nSPS) is 25.4. The molecule has 2 aliphatic carbocycles. The number of rotatable bonds is 5. The van der Waals surface area contributed by atoms with Gasteiger partial charge in [-0.15, -0.1) is 0 Å². The zero-order chi connectivity index (χ0) is 44.3. The molecule has 2 aliphatic heterocycles. The Morgan fingerprint density at radius 2 is 1.33 bits per heavy atom. The molecule has 318 valence electrons. The number of phenolic OH excluding ortho intramolecular Hbond substituents is 1. The van der Waals surface area contributed by atoms with Gasteiger partial charge in [0, 0.05) is 27.7 Å². The van der Waals surface area contributed by atoms with Crippen LogP contribution in [-0.2, 0) is 43.1 Å². The van der Waals surface area contributed by atoms with E-state index in [1.54, 1.807) is 0 Å². The predicted octanol–water partition coefficient (Wildman–Crippen LogP) is 9.99. The van der Waals surface area contributed by atoms with E-state index in [-0.39, 0.29) is 56.3 Å². The van der Waals surface area contributed by atoms with Crippen molar-refractivity contribution in [2.75, 3.05) is 10.3 Å². The SMILES string of the molecule is O=C1C2CC3C(=CCC4C(=O)N(c5cc(C(F)(F)F)cc(C(F)(F)F)c5)C(=O)C43)C(c3cc(Cl)ccc3O)C2(c2ccc(Cl)cc2)C(=O)N1Nc1ncc(C(F)(F)F)cc1Cl. The third-order valence-corrected chi connectivity index (χ3v) is 12.5. The van der Waals surface area contributed by atoms with Crippen LogP contribution in [0.4, 0.5) is 51.0 Å². The Morgan fingerprint density at radius 1 is 0.721 bits per heavy atom. The van der Waals surface area contributed by atoms with Gasteiger partial charge in [0.15, 0.2) is 5.82 Å². The number of nitrogens with one attached hydrogen (secondary N) is 1. The number of hydrazine groups is 1. The number of imide groups is 2. The van der Waals surface area contributed by atoms with E-state index in [1.807, 2.05) is 0 Å². The van der Waals surface area contributed by atoms with Gasteiger partial charge in [0.1, 0.15) is 5.75 Å². The van der Waals surface area contributed by atoms with Gasteiger partial charge in [0.25, 0.3) is 11.8 Å². The van der Waals surface area contributed by atoms with Gasteiger partial charge in [0.05, 0.1) is 50.6 Å². The molecule has 61 heavy (non-hydrogen) atoms. The van der Waals surface area contributed by atoms with E-state index in [1.165, 1.54) is 48.5 Å². The molecule has 0 bridgehead atoms. The molecule has 8 rings (SSSR count). The third-order valence-electron chi connectivity index (χ3n) is 11.7. The molecular formula is C40H24Cl3F9N4O5. The van der Waals surface area contributed by atoms with E-state index in [9.17, 15) is 59.0 Å². The van der Waals surface area contributed by atoms with E-state index < -0.39 is 123 Å².